The summed E-state index contributed by atoms with van der Waals surface area (Å²) in [5.74, 6) is -0.115. The minimum atomic E-state index is -0.0885. The van der Waals surface area contributed by atoms with Crippen molar-refractivity contribution in [2.45, 2.75) is 52.6 Å². The van der Waals surface area contributed by atoms with Crippen LogP contribution in [0.5, 0.6) is 0 Å². The Morgan fingerprint density at radius 3 is 2.62 bits per heavy atom. The Bertz CT molecular complexity index is 472. The van der Waals surface area contributed by atoms with Gasteiger partial charge in [0.2, 0.25) is 11.8 Å². The number of carbonyl (C=O) groups is 2. The third-order valence-corrected chi connectivity index (χ3v) is 3.37. The molecule has 1 rings (SSSR count). The van der Waals surface area contributed by atoms with E-state index in [0.717, 1.165) is 12.1 Å². The van der Waals surface area contributed by atoms with Gasteiger partial charge in [-0.2, -0.15) is 0 Å². The average Bonchev–Trinajstić information content (AvgIpc) is 2.87. The fraction of sp³-hybridized carbons (Fsp3) is 0.714. The summed E-state index contributed by atoms with van der Waals surface area (Å²) in [5.41, 5.74) is 0.754. The Hall–Kier alpha value is -1.92. The number of aryl methyl sites for hydroxylation is 1. The van der Waals surface area contributed by atoms with Crippen molar-refractivity contribution in [2.24, 2.45) is 7.05 Å². The molecule has 2 amide bonds. The highest BCUT2D eigenvalue weighted by Gasteiger charge is 2.21. The minimum absolute atomic E-state index is 0.0266. The molecule has 0 saturated carbocycles. The van der Waals surface area contributed by atoms with Gasteiger partial charge in [0, 0.05) is 38.7 Å². The first-order valence-corrected chi connectivity index (χ1v) is 7.39. The summed E-state index contributed by atoms with van der Waals surface area (Å²) >= 11 is 0. The molecule has 0 saturated heterocycles. The maximum Gasteiger partial charge on any atom is 0.223 e. The topological polar surface area (TPSA) is 80.1 Å². The molecule has 1 N–H and O–H groups in total. The van der Waals surface area contributed by atoms with E-state index in [1.807, 2.05) is 20.8 Å². The quantitative estimate of drug-likeness (QED) is 0.771. The maximum atomic E-state index is 12.4. The summed E-state index contributed by atoms with van der Waals surface area (Å²) in [6, 6.07) is 0.105. The summed E-state index contributed by atoms with van der Waals surface area (Å²) in [5, 5.41) is 10.6. The van der Waals surface area contributed by atoms with Crippen LogP contribution in [0, 0.1) is 0 Å². The zero-order valence-corrected chi connectivity index (χ0v) is 13.3. The first-order valence-electron chi connectivity index (χ1n) is 7.39. The Morgan fingerprint density at radius 1 is 1.38 bits per heavy atom. The molecule has 1 aromatic heterocycles. The van der Waals surface area contributed by atoms with E-state index in [1.165, 1.54) is 0 Å². The van der Waals surface area contributed by atoms with E-state index in [9.17, 15) is 9.59 Å². The molecule has 0 aromatic carbocycles. The molecule has 7 nitrogen and oxygen atoms in total. The van der Waals surface area contributed by atoms with Gasteiger partial charge >= 0.3 is 0 Å². The fourth-order valence-corrected chi connectivity index (χ4v) is 2.00. The van der Waals surface area contributed by atoms with Crippen molar-refractivity contribution >= 4 is 11.8 Å². The van der Waals surface area contributed by atoms with Gasteiger partial charge in [0.25, 0.3) is 0 Å². The van der Waals surface area contributed by atoms with Crippen LogP contribution in [0.3, 0.4) is 0 Å². The molecular formula is C14H25N5O2. The number of hydrogen-bond donors (Lipinski definition) is 1. The van der Waals surface area contributed by atoms with Gasteiger partial charge in [-0.25, -0.2) is 0 Å². The number of aromatic nitrogens is 3. The standard InChI is InChI=1S/C14H25N5O2/c1-5-11(3)19(10-12-9-18(4)17-16-12)14(21)8-7-13(20)15-6-2/h9,11H,5-8,10H2,1-4H3,(H,15,20). The van der Waals surface area contributed by atoms with Gasteiger partial charge in [0.05, 0.1) is 6.54 Å². The molecule has 1 heterocycles. The van der Waals surface area contributed by atoms with Crippen molar-refractivity contribution in [1.29, 1.82) is 0 Å². The molecule has 0 aliphatic heterocycles. The second kappa shape index (κ2) is 8.39. The number of hydrogen-bond acceptors (Lipinski definition) is 4. The Kier molecular flexibility index (Phi) is 6.84. The van der Waals surface area contributed by atoms with E-state index in [0.29, 0.717) is 13.1 Å². The molecule has 118 valence electrons. The third kappa shape index (κ3) is 5.53. The van der Waals surface area contributed by atoms with E-state index in [2.05, 4.69) is 15.6 Å². The molecule has 0 radical (unpaired) electrons. The lowest BCUT2D eigenvalue weighted by Crippen LogP contribution is -2.38. The number of nitrogens with one attached hydrogen (secondary N) is 1. The van der Waals surface area contributed by atoms with Gasteiger partial charge in [0.15, 0.2) is 0 Å². The van der Waals surface area contributed by atoms with Crippen LogP contribution < -0.4 is 5.32 Å². The minimum Gasteiger partial charge on any atom is -0.356 e. The number of amides is 2. The van der Waals surface area contributed by atoms with Crippen LogP contribution in [0.1, 0.15) is 45.7 Å². The summed E-state index contributed by atoms with van der Waals surface area (Å²) in [6.45, 7) is 6.91. The smallest absolute Gasteiger partial charge is 0.223 e. The van der Waals surface area contributed by atoms with Crippen molar-refractivity contribution in [2.75, 3.05) is 6.54 Å². The molecule has 1 aromatic rings. The lowest BCUT2D eigenvalue weighted by atomic mass is 10.1. The van der Waals surface area contributed by atoms with Gasteiger partial charge < -0.3 is 10.2 Å². The van der Waals surface area contributed by atoms with Crippen LogP contribution >= 0.6 is 0 Å². The van der Waals surface area contributed by atoms with Crippen molar-refractivity contribution in [3.05, 3.63) is 11.9 Å². The predicted molar refractivity (Wildman–Crippen MR) is 79.2 cm³/mol. The highest BCUT2D eigenvalue weighted by molar-refractivity contribution is 5.83. The molecular weight excluding hydrogens is 270 g/mol. The SMILES string of the molecule is CCNC(=O)CCC(=O)N(Cc1cn(C)nn1)C(C)CC. The molecule has 0 bridgehead atoms. The molecule has 1 unspecified atom stereocenters. The largest absolute Gasteiger partial charge is 0.356 e. The highest BCUT2D eigenvalue weighted by atomic mass is 16.2. The van der Waals surface area contributed by atoms with Crippen LogP contribution in [0.25, 0.3) is 0 Å². The Morgan fingerprint density at radius 2 is 2.10 bits per heavy atom. The molecule has 0 aliphatic rings. The summed E-state index contributed by atoms with van der Waals surface area (Å²) < 4.78 is 1.61. The second-order valence-corrected chi connectivity index (χ2v) is 5.12. The van der Waals surface area contributed by atoms with Gasteiger partial charge in [-0.3, -0.25) is 14.3 Å². The Balaban J connectivity index is 2.64. The van der Waals surface area contributed by atoms with Crippen LogP contribution in [-0.2, 0) is 23.2 Å². The van der Waals surface area contributed by atoms with Crippen LogP contribution in [0.2, 0.25) is 0 Å². The number of rotatable bonds is 8. The first kappa shape index (κ1) is 17.1. The average molecular weight is 295 g/mol. The maximum absolute atomic E-state index is 12.4. The van der Waals surface area contributed by atoms with Crippen molar-refractivity contribution in [3.8, 4) is 0 Å². The van der Waals surface area contributed by atoms with E-state index >= 15 is 0 Å². The van der Waals surface area contributed by atoms with Crippen molar-refractivity contribution in [3.63, 3.8) is 0 Å². The fourth-order valence-electron chi connectivity index (χ4n) is 2.00. The van der Waals surface area contributed by atoms with Crippen molar-refractivity contribution in [1.82, 2.24) is 25.2 Å². The van der Waals surface area contributed by atoms with E-state index in [1.54, 1.807) is 22.8 Å². The van der Waals surface area contributed by atoms with Gasteiger partial charge in [0.1, 0.15) is 5.69 Å². The van der Waals surface area contributed by atoms with Crippen LogP contribution in [0.4, 0.5) is 0 Å². The first-order chi connectivity index (χ1) is 9.97. The number of nitrogens with zero attached hydrogens (tertiary/aromatic N) is 4. The monoisotopic (exact) mass is 295 g/mol. The zero-order valence-electron chi connectivity index (χ0n) is 13.3. The van der Waals surface area contributed by atoms with Crippen LogP contribution in [0.15, 0.2) is 6.20 Å². The van der Waals surface area contributed by atoms with Crippen LogP contribution in [-0.4, -0.2) is 44.3 Å². The molecule has 0 fully saturated rings. The summed E-state index contributed by atoms with van der Waals surface area (Å²) in [7, 11) is 1.79. The molecule has 7 heteroatoms. The normalized spacial score (nSPS) is 12.0. The van der Waals surface area contributed by atoms with Gasteiger partial charge in [-0.1, -0.05) is 12.1 Å². The third-order valence-electron chi connectivity index (χ3n) is 3.37. The Labute approximate surface area is 125 Å². The summed E-state index contributed by atoms with van der Waals surface area (Å²) in [6.07, 6.45) is 3.09. The molecule has 0 aliphatic carbocycles. The predicted octanol–water partition coefficient (Wildman–Crippen LogP) is 0.858. The van der Waals surface area contributed by atoms with E-state index in [4.69, 9.17) is 0 Å². The lowest BCUT2D eigenvalue weighted by molar-refractivity contribution is -0.136. The van der Waals surface area contributed by atoms with Crippen molar-refractivity contribution < 1.29 is 9.59 Å². The number of carbonyl (C=O) groups excluding carboxylic acids is 2. The molecule has 0 spiro atoms. The van der Waals surface area contributed by atoms with Gasteiger partial charge in [-0.05, 0) is 20.3 Å². The molecule has 1 atom stereocenters. The zero-order chi connectivity index (χ0) is 15.8. The molecule has 21 heavy (non-hydrogen) atoms. The van der Waals surface area contributed by atoms with Gasteiger partial charge in [-0.15, -0.1) is 5.10 Å². The highest BCUT2D eigenvalue weighted by Crippen LogP contribution is 2.11. The summed E-state index contributed by atoms with van der Waals surface area (Å²) in [4.78, 5) is 25.6. The van der Waals surface area contributed by atoms with E-state index < -0.39 is 0 Å². The lowest BCUT2D eigenvalue weighted by Gasteiger charge is -2.27. The second-order valence-electron chi connectivity index (χ2n) is 5.12. The van der Waals surface area contributed by atoms with E-state index in [-0.39, 0.29) is 30.7 Å².